The summed E-state index contributed by atoms with van der Waals surface area (Å²) in [7, 11) is 0. The number of benzene rings is 2. The van der Waals surface area contributed by atoms with E-state index in [9.17, 15) is 19.8 Å². The number of phenols is 1. The first-order chi connectivity index (χ1) is 18.3. The first-order valence-electron chi connectivity index (χ1n) is 13.7. The summed E-state index contributed by atoms with van der Waals surface area (Å²) in [6.07, 6.45) is 4.60. The molecule has 3 aliphatic rings. The van der Waals surface area contributed by atoms with E-state index in [2.05, 4.69) is 18.2 Å². The minimum Gasteiger partial charge on any atom is -0.507 e. The molecule has 0 radical (unpaired) electrons. The third-order valence-electron chi connectivity index (χ3n) is 8.41. The minimum atomic E-state index is -0.381. The Bertz CT molecular complexity index is 1270. The van der Waals surface area contributed by atoms with Gasteiger partial charge >= 0.3 is 0 Å². The number of carbonyl (C=O) groups excluding carboxylic acids is 2. The minimum absolute atomic E-state index is 0.0754. The number of aliphatic hydroxyl groups is 1. The molecule has 1 aliphatic carbocycles. The number of aromatic hydroxyl groups is 1. The first-order valence-corrected chi connectivity index (χ1v) is 13.7. The average Bonchev–Trinajstić information content (AvgIpc) is 3.44. The molecule has 5 rings (SSSR count). The van der Waals surface area contributed by atoms with Gasteiger partial charge in [0.15, 0.2) is 0 Å². The van der Waals surface area contributed by atoms with E-state index in [-0.39, 0.29) is 42.3 Å². The van der Waals surface area contributed by atoms with E-state index < -0.39 is 0 Å². The molecular weight excluding hydrogens is 478 g/mol. The molecule has 2 fully saturated rings. The maximum Gasteiger partial charge on any atom is 0.233 e. The molecule has 200 valence electrons. The fourth-order valence-electron chi connectivity index (χ4n) is 6.64. The van der Waals surface area contributed by atoms with Gasteiger partial charge in [0.05, 0.1) is 31.2 Å². The number of carbonyl (C=O) groups is 2. The Morgan fingerprint density at radius 3 is 2.45 bits per heavy atom. The standard InChI is InChI=1S/C32H37NO5/c1-4-12-33-31(36)25-16-24(17-34)28-26(29(25)32(33)37)18-38-27(28)11-10-23(22-8-6-5-7-9-22)15-21-13-19(2)30(35)20(3)14-21/h5-9,13-15,25-27,29,34-35H,4,10-12,16-18H2,1-3H3/b23-15-/t25-,26+,27-,29-/m1/s1. The molecule has 0 bridgehead atoms. The van der Waals surface area contributed by atoms with E-state index in [1.807, 2.05) is 51.1 Å². The van der Waals surface area contributed by atoms with Crippen molar-refractivity contribution in [1.29, 1.82) is 0 Å². The number of nitrogens with zero attached hydrogens (tertiary/aromatic N) is 1. The SMILES string of the molecule is CCCN1C(=O)[C@@H]2[C@@H](CC(CO)=C3[C@@H](CC/C(=C/c4cc(C)c(O)c(C)c4)c4ccccc4)OC[C@@H]32)C1=O. The summed E-state index contributed by atoms with van der Waals surface area (Å²) < 4.78 is 6.30. The number of imide groups is 1. The predicted octanol–water partition coefficient (Wildman–Crippen LogP) is 5.05. The van der Waals surface area contributed by atoms with Crippen LogP contribution in [0.3, 0.4) is 0 Å². The summed E-state index contributed by atoms with van der Waals surface area (Å²) in [6.45, 7) is 6.53. The highest BCUT2D eigenvalue weighted by atomic mass is 16.5. The maximum absolute atomic E-state index is 13.3. The van der Waals surface area contributed by atoms with Crippen LogP contribution >= 0.6 is 0 Å². The number of phenolic OH excluding ortho intramolecular Hbond substituents is 1. The monoisotopic (exact) mass is 515 g/mol. The van der Waals surface area contributed by atoms with Gasteiger partial charge in [-0.15, -0.1) is 0 Å². The number of fused-ring (bicyclic) bond motifs is 3. The lowest BCUT2D eigenvalue weighted by atomic mass is 9.69. The van der Waals surface area contributed by atoms with Crippen LogP contribution in [0.4, 0.5) is 0 Å². The average molecular weight is 516 g/mol. The van der Waals surface area contributed by atoms with Crippen molar-refractivity contribution in [2.24, 2.45) is 17.8 Å². The molecule has 6 heteroatoms. The van der Waals surface area contributed by atoms with E-state index in [0.717, 1.165) is 51.8 Å². The molecule has 4 atom stereocenters. The molecule has 2 heterocycles. The Morgan fingerprint density at radius 1 is 1.08 bits per heavy atom. The second-order valence-electron chi connectivity index (χ2n) is 10.9. The Kier molecular flexibility index (Phi) is 7.55. The van der Waals surface area contributed by atoms with Gasteiger partial charge in [-0.05, 0) is 90.6 Å². The van der Waals surface area contributed by atoms with Gasteiger partial charge in [-0.1, -0.05) is 43.3 Å². The van der Waals surface area contributed by atoms with Crippen LogP contribution in [-0.2, 0) is 14.3 Å². The van der Waals surface area contributed by atoms with Crippen LogP contribution in [0.1, 0.15) is 54.9 Å². The van der Waals surface area contributed by atoms with Crippen molar-refractivity contribution in [3.05, 3.63) is 75.9 Å². The van der Waals surface area contributed by atoms with E-state index in [0.29, 0.717) is 31.7 Å². The number of rotatable bonds is 8. The number of aryl methyl sites for hydroxylation is 2. The molecule has 0 aromatic heterocycles. The zero-order chi connectivity index (χ0) is 27.0. The van der Waals surface area contributed by atoms with E-state index in [4.69, 9.17) is 4.74 Å². The Balaban J connectivity index is 1.42. The molecule has 2 N–H and O–H groups in total. The molecule has 0 unspecified atom stereocenters. The highest BCUT2D eigenvalue weighted by molar-refractivity contribution is 6.06. The van der Waals surface area contributed by atoms with Crippen molar-refractivity contribution in [3.63, 3.8) is 0 Å². The number of hydrogen-bond acceptors (Lipinski definition) is 5. The van der Waals surface area contributed by atoms with Crippen LogP contribution in [0, 0.1) is 31.6 Å². The van der Waals surface area contributed by atoms with Gasteiger partial charge in [-0.25, -0.2) is 0 Å². The Morgan fingerprint density at radius 2 is 1.79 bits per heavy atom. The Labute approximate surface area is 224 Å². The van der Waals surface area contributed by atoms with Gasteiger partial charge in [0.25, 0.3) is 0 Å². The largest absolute Gasteiger partial charge is 0.507 e. The number of ether oxygens (including phenoxy) is 1. The fourth-order valence-corrected chi connectivity index (χ4v) is 6.64. The third kappa shape index (κ3) is 4.72. The first kappa shape index (κ1) is 26.4. The molecule has 2 saturated heterocycles. The zero-order valence-electron chi connectivity index (χ0n) is 22.4. The van der Waals surface area contributed by atoms with Crippen molar-refractivity contribution in [3.8, 4) is 5.75 Å². The number of likely N-dealkylation sites (tertiary alicyclic amines) is 1. The summed E-state index contributed by atoms with van der Waals surface area (Å²) in [4.78, 5) is 27.7. The summed E-state index contributed by atoms with van der Waals surface area (Å²) in [5.74, 6) is -0.752. The van der Waals surface area contributed by atoms with Crippen molar-refractivity contribution in [2.45, 2.75) is 52.6 Å². The molecule has 2 aromatic rings. The topological polar surface area (TPSA) is 87.1 Å². The van der Waals surface area contributed by atoms with Crippen LogP contribution in [0.25, 0.3) is 11.6 Å². The lowest BCUT2D eigenvalue weighted by Crippen LogP contribution is -2.35. The van der Waals surface area contributed by atoms with Crippen molar-refractivity contribution in [2.75, 3.05) is 19.8 Å². The summed E-state index contributed by atoms with van der Waals surface area (Å²) in [5.41, 5.74) is 6.90. The highest BCUT2D eigenvalue weighted by Crippen LogP contribution is 2.50. The predicted molar refractivity (Wildman–Crippen MR) is 147 cm³/mol. The highest BCUT2D eigenvalue weighted by Gasteiger charge is 2.56. The zero-order valence-corrected chi connectivity index (χ0v) is 22.4. The van der Waals surface area contributed by atoms with Crippen molar-refractivity contribution < 1.29 is 24.5 Å². The molecule has 6 nitrogen and oxygen atoms in total. The summed E-state index contributed by atoms with van der Waals surface area (Å²) >= 11 is 0. The van der Waals surface area contributed by atoms with Crippen LogP contribution < -0.4 is 0 Å². The van der Waals surface area contributed by atoms with Gasteiger partial charge in [0, 0.05) is 12.5 Å². The second kappa shape index (κ2) is 10.9. The molecule has 2 amide bonds. The lowest BCUT2D eigenvalue weighted by molar-refractivity contribution is -0.140. The molecule has 0 spiro atoms. The number of amides is 2. The lowest BCUT2D eigenvalue weighted by Gasteiger charge is -2.31. The van der Waals surface area contributed by atoms with Crippen LogP contribution in [0.5, 0.6) is 5.75 Å². The van der Waals surface area contributed by atoms with E-state index in [1.165, 1.54) is 4.90 Å². The van der Waals surface area contributed by atoms with Crippen molar-refractivity contribution in [1.82, 2.24) is 4.90 Å². The smallest absolute Gasteiger partial charge is 0.233 e. The van der Waals surface area contributed by atoms with Gasteiger partial charge < -0.3 is 14.9 Å². The Hall–Kier alpha value is -3.22. The summed E-state index contributed by atoms with van der Waals surface area (Å²) in [5, 5.41) is 20.5. The molecule has 2 aromatic carbocycles. The van der Waals surface area contributed by atoms with Crippen LogP contribution in [-0.4, -0.2) is 52.8 Å². The fraction of sp³-hybridized carbons (Fsp3) is 0.438. The second-order valence-corrected chi connectivity index (χ2v) is 10.9. The van der Waals surface area contributed by atoms with Crippen molar-refractivity contribution >= 4 is 23.5 Å². The normalized spacial score (nSPS) is 25.3. The molecular formula is C32H37NO5. The van der Waals surface area contributed by atoms with Gasteiger partial charge in [0.1, 0.15) is 5.75 Å². The van der Waals surface area contributed by atoms with Gasteiger partial charge in [0.2, 0.25) is 11.8 Å². The third-order valence-corrected chi connectivity index (χ3v) is 8.41. The van der Waals surface area contributed by atoms with Crippen LogP contribution in [0.2, 0.25) is 0 Å². The molecule has 38 heavy (non-hydrogen) atoms. The van der Waals surface area contributed by atoms with Crippen LogP contribution in [0.15, 0.2) is 53.6 Å². The van der Waals surface area contributed by atoms with E-state index >= 15 is 0 Å². The maximum atomic E-state index is 13.3. The number of hydrogen-bond donors (Lipinski definition) is 2. The quantitative estimate of drug-likeness (QED) is 0.292. The van der Waals surface area contributed by atoms with E-state index in [1.54, 1.807) is 0 Å². The van der Waals surface area contributed by atoms with Gasteiger partial charge in [-0.2, -0.15) is 0 Å². The molecule has 0 saturated carbocycles. The van der Waals surface area contributed by atoms with Gasteiger partial charge in [-0.3, -0.25) is 14.5 Å². The summed E-state index contributed by atoms with van der Waals surface area (Å²) in [6, 6.07) is 14.2. The number of aliphatic hydroxyl groups excluding tert-OH is 1. The number of allylic oxidation sites excluding steroid dienone is 1. The molecule has 2 aliphatic heterocycles.